The molecule has 4 aromatic rings. The molecule has 1 aliphatic rings. The fraction of sp³-hybridized carbons (Fsp3) is 0.259. The highest BCUT2D eigenvalue weighted by Crippen LogP contribution is 2.32. The molecular formula is C27H27N7O5. The first kappa shape index (κ1) is 25.6. The number of anilines is 1. The third-order valence-electron chi connectivity index (χ3n) is 6.62. The molecule has 1 aliphatic heterocycles. The third kappa shape index (κ3) is 4.83. The van der Waals surface area contributed by atoms with E-state index in [2.05, 4.69) is 20.4 Å². The maximum Gasteiger partial charge on any atom is 0.295 e. The minimum absolute atomic E-state index is 0.108. The van der Waals surface area contributed by atoms with Gasteiger partial charge < -0.3 is 24.8 Å². The maximum absolute atomic E-state index is 13.5. The van der Waals surface area contributed by atoms with Crippen LogP contribution in [0.15, 0.2) is 55.0 Å². The summed E-state index contributed by atoms with van der Waals surface area (Å²) >= 11 is 0. The molecule has 200 valence electrons. The molecule has 0 aliphatic carbocycles. The lowest BCUT2D eigenvalue weighted by Crippen LogP contribution is -2.56. The Hall–Kier alpha value is -5.00. The second-order valence-electron chi connectivity index (χ2n) is 9.22. The Labute approximate surface area is 223 Å². The van der Waals surface area contributed by atoms with Gasteiger partial charge in [0.1, 0.15) is 5.75 Å². The second-order valence-corrected chi connectivity index (χ2v) is 9.22. The molecule has 3 aromatic heterocycles. The Morgan fingerprint density at radius 1 is 1.10 bits per heavy atom. The number of ketones is 1. The number of piperazine rings is 1. The van der Waals surface area contributed by atoms with Crippen molar-refractivity contribution < 1.29 is 23.9 Å². The van der Waals surface area contributed by atoms with Crippen LogP contribution in [0.3, 0.4) is 0 Å². The van der Waals surface area contributed by atoms with Gasteiger partial charge in [-0.25, -0.2) is 9.67 Å². The van der Waals surface area contributed by atoms with Gasteiger partial charge in [0.25, 0.3) is 17.6 Å². The molecule has 12 heteroatoms. The predicted octanol–water partition coefficient (Wildman–Crippen LogP) is 2.27. The van der Waals surface area contributed by atoms with E-state index in [-0.39, 0.29) is 36.5 Å². The van der Waals surface area contributed by atoms with Crippen molar-refractivity contribution in [3.63, 3.8) is 0 Å². The first-order valence-corrected chi connectivity index (χ1v) is 12.4. The van der Waals surface area contributed by atoms with Gasteiger partial charge in [0, 0.05) is 56.6 Å². The van der Waals surface area contributed by atoms with Crippen LogP contribution in [0.1, 0.15) is 34.6 Å². The van der Waals surface area contributed by atoms with Crippen LogP contribution in [0, 0.1) is 0 Å². The van der Waals surface area contributed by atoms with Crippen molar-refractivity contribution in [2.75, 3.05) is 32.1 Å². The van der Waals surface area contributed by atoms with Gasteiger partial charge in [-0.1, -0.05) is 18.2 Å². The summed E-state index contributed by atoms with van der Waals surface area (Å²) in [6, 6.07) is 10.3. The molecule has 0 spiro atoms. The van der Waals surface area contributed by atoms with E-state index in [9.17, 15) is 19.2 Å². The predicted molar refractivity (Wildman–Crippen MR) is 142 cm³/mol. The van der Waals surface area contributed by atoms with Crippen molar-refractivity contribution >= 4 is 40.2 Å². The molecule has 39 heavy (non-hydrogen) atoms. The van der Waals surface area contributed by atoms with Crippen LogP contribution in [0.4, 0.5) is 5.82 Å². The number of aromatic nitrogens is 4. The van der Waals surface area contributed by atoms with E-state index in [1.807, 2.05) is 13.0 Å². The number of hydrogen-bond acceptors (Lipinski definition) is 7. The molecule has 0 saturated carbocycles. The SMILES string of the molecule is COc1cnc(-n2ccc(NC(C)=O)n2)c2[nH]cc(C(=O)C(=O)N3CCN(C(=O)c4ccccc4)C(C)C3)c12. The summed E-state index contributed by atoms with van der Waals surface area (Å²) in [5.74, 6) is -0.733. The lowest BCUT2D eigenvalue weighted by Gasteiger charge is -2.39. The Morgan fingerprint density at radius 3 is 2.56 bits per heavy atom. The molecule has 0 bridgehead atoms. The number of amides is 3. The fourth-order valence-corrected chi connectivity index (χ4v) is 4.75. The van der Waals surface area contributed by atoms with E-state index in [0.717, 1.165) is 0 Å². The smallest absolute Gasteiger partial charge is 0.295 e. The number of benzene rings is 1. The van der Waals surface area contributed by atoms with Gasteiger partial charge in [-0.2, -0.15) is 0 Å². The van der Waals surface area contributed by atoms with Gasteiger partial charge in [0.15, 0.2) is 11.6 Å². The molecule has 1 unspecified atom stereocenters. The molecule has 5 rings (SSSR count). The number of nitrogens with one attached hydrogen (secondary N) is 2. The van der Waals surface area contributed by atoms with Crippen molar-refractivity contribution in [3.05, 3.63) is 66.1 Å². The molecule has 1 saturated heterocycles. The van der Waals surface area contributed by atoms with E-state index >= 15 is 0 Å². The van der Waals surface area contributed by atoms with Crippen LogP contribution in [-0.2, 0) is 9.59 Å². The fourth-order valence-electron chi connectivity index (χ4n) is 4.75. The average molecular weight is 530 g/mol. The first-order chi connectivity index (χ1) is 18.8. The number of hydrogen-bond donors (Lipinski definition) is 2. The van der Waals surface area contributed by atoms with E-state index in [1.54, 1.807) is 41.4 Å². The topological polar surface area (TPSA) is 143 Å². The summed E-state index contributed by atoms with van der Waals surface area (Å²) in [6.07, 6.45) is 4.52. The van der Waals surface area contributed by atoms with Crippen LogP contribution >= 0.6 is 0 Å². The summed E-state index contributed by atoms with van der Waals surface area (Å²) < 4.78 is 6.91. The third-order valence-corrected chi connectivity index (χ3v) is 6.62. The molecule has 2 N–H and O–H groups in total. The lowest BCUT2D eigenvalue weighted by molar-refractivity contribution is -0.128. The number of methoxy groups -OCH3 is 1. The van der Waals surface area contributed by atoms with Crippen molar-refractivity contribution in [2.45, 2.75) is 19.9 Å². The number of aromatic amines is 1. The van der Waals surface area contributed by atoms with Crippen LogP contribution in [0.25, 0.3) is 16.7 Å². The molecule has 1 atom stereocenters. The number of carbonyl (C=O) groups excluding carboxylic acids is 4. The summed E-state index contributed by atoms with van der Waals surface area (Å²) in [7, 11) is 1.45. The van der Waals surface area contributed by atoms with Gasteiger partial charge >= 0.3 is 0 Å². The first-order valence-electron chi connectivity index (χ1n) is 12.4. The number of rotatable bonds is 6. The minimum Gasteiger partial charge on any atom is -0.494 e. The zero-order chi connectivity index (χ0) is 27.7. The van der Waals surface area contributed by atoms with Crippen LogP contribution in [-0.4, -0.2) is 85.8 Å². The molecule has 12 nitrogen and oxygen atoms in total. The quantitative estimate of drug-likeness (QED) is 0.288. The van der Waals surface area contributed by atoms with E-state index in [4.69, 9.17) is 4.74 Å². The Balaban J connectivity index is 1.39. The summed E-state index contributed by atoms with van der Waals surface area (Å²) in [6.45, 7) is 4.02. The molecule has 0 radical (unpaired) electrons. The van der Waals surface area contributed by atoms with Gasteiger partial charge in [0.2, 0.25) is 5.91 Å². The van der Waals surface area contributed by atoms with Crippen molar-refractivity contribution in [1.82, 2.24) is 29.5 Å². The molecular weight excluding hydrogens is 502 g/mol. The van der Waals surface area contributed by atoms with E-state index in [1.165, 1.54) is 36.0 Å². The number of Topliss-reactive ketones (excluding diaryl/α,β-unsaturated/α-hetero) is 1. The number of nitrogens with zero attached hydrogens (tertiary/aromatic N) is 5. The molecule has 1 fully saturated rings. The van der Waals surface area contributed by atoms with Crippen LogP contribution in [0.2, 0.25) is 0 Å². The van der Waals surface area contributed by atoms with Crippen molar-refractivity contribution in [3.8, 4) is 11.6 Å². The van der Waals surface area contributed by atoms with Crippen molar-refractivity contribution in [2.24, 2.45) is 0 Å². The van der Waals surface area contributed by atoms with Gasteiger partial charge in [-0.05, 0) is 19.1 Å². The van der Waals surface area contributed by atoms with E-state index < -0.39 is 11.7 Å². The lowest BCUT2D eigenvalue weighted by atomic mass is 10.1. The Morgan fingerprint density at radius 2 is 1.87 bits per heavy atom. The monoisotopic (exact) mass is 529 g/mol. The second kappa shape index (κ2) is 10.4. The Bertz CT molecular complexity index is 1580. The highest BCUT2D eigenvalue weighted by Gasteiger charge is 2.34. The molecule has 4 heterocycles. The summed E-state index contributed by atoms with van der Waals surface area (Å²) in [4.78, 5) is 61.7. The average Bonchev–Trinajstić information content (AvgIpc) is 3.59. The zero-order valence-electron chi connectivity index (χ0n) is 21.7. The minimum atomic E-state index is -0.703. The number of H-pyrrole nitrogens is 1. The van der Waals surface area contributed by atoms with Crippen molar-refractivity contribution in [1.29, 1.82) is 0 Å². The number of carbonyl (C=O) groups is 4. The maximum atomic E-state index is 13.5. The van der Waals surface area contributed by atoms with Gasteiger partial charge in [-0.15, -0.1) is 5.10 Å². The number of fused-ring (bicyclic) bond motifs is 1. The summed E-state index contributed by atoms with van der Waals surface area (Å²) in [5.41, 5.74) is 1.16. The number of pyridine rings is 1. The highest BCUT2D eigenvalue weighted by atomic mass is 16.5. The van der Waals surface area contributed by atoms with Crippen LogP contribution < -0.4 is 10.1 Å². The van der Waals surface area contributed by atoms with Gasteiger partial charge in [0.05, 0.1) is 29.8 Å². The zero-order valence-corrected chi connectivity index (χ0v) is 21.7. The standard InChI is InChI=1S/C27H27N7O5/c1-16-15-32(11-12-33(16)26(37)18-7-5-4-6-8-18)27(38)24(36)19-13-28-23-22(19)20(39-3)14-29-25(23)34-10-9-21(31-34)30-17(2)35/h4-10,13-14,16,28H,11-12,15H2,1-3H3,(H,30,31,35). The molecule has 1 aromatic carbocycles. The number of ether oxygens (including phenoxy) is 1. The van der Waals surface area contributed by atoms with E-state index in [0.29, 0.717) is 40.4 Å². The van der Waals surface area contributed by atoms with Crippen LogP contribution in [0.5, 0.6) is 5.75 Å². The molecule has 3 amide bonds. The Kier molecular flexibility index (Phi) is 6.84. The summed E-state index contributed by atoms with van der Waals surface area (Å²) in [5, 5.41) is 7.30. The largest absolute Gasteiger partial charge is 0.494 e. The normalized spacial score (nSPS) is 15.3. The van der Waals surface area contributed by atoms with Gasteiger partial charge in [-0.3, -0.25) is 19.2 Å². The highest BCUT2D eigenvalue weighted by molar-refractivity contribution is 6.45.